The van der Waals surface area contributed by atoms with Crippen molar-refractivity contribution in [1.82, 2.24) is 15.1 Å². The van der Waals surface area contributed by atoms with E-state index in [4.69, 9.17) is 14.7 Å². The zero-order chi connectivity index (χ0) is 14.2. The van der Waals surface area contributed by atoms with Crippen LogP contribution in [0.15, 0.2) is 44.8 Å². The van der Waals surface area contributed by atoms with E-state index in [0.717, 1.165) is 21.5 Å². The summed E-state index contributed by atoms with van der Waals surface area (Å²) in [6, 6.07) is 7.71. The smallest absolute Gasteiger partial charge is 0.277 e. The number of thiazole rings is 1. The van der Waals surface area contributed by atoms with Crippen LogP contribution in [0.25, 0.3) is 33.9 Å². The summed E-state index contributed by atoms with van der Waals surface area (Å²) in [5.41, 5.74) is 7.79. The summed E-state index contributed by atoms with van der Waals surface area (Å²) in [5.74, 6) is 0.864. The molecular weight excluding hydrogens is 288 g/mol. The highest BCUT2D eigenvalue weighted by molar-refractivity contribution is 7.09. The van der Waals surface area contributed by atoms with Gasteiger partial charge in [0.1, 0.15) is 22.5 Å². The van der Waals surface area contributed by atoms with E-state index in [1.54, 1.807) is 6.26 Å². The summed E-state index contributed by atoms with van der Waals surface area (Å²) in [4.78, 5) is 8.72. The molecule has 2 N–H and O–H groups in total. The molecule has 3 heterocycles. The maximum absolute atomic E-state index is 5.55. The van der Waals surface area contributed by atoms with Crippen LogP contribution in [-0.4, -0.2) is 15.1 Å². The number of nitrogens with zero attached hydrogens (tertiary/aromatic N) is 3. The standard InChI is InChI=1S/C14H10N4O2S/c15-5-12-16-10(7-21-12)14-17-13(18-20-14)9-6-19-11-4-2-1-3-8(9)11/h1-4,6-7H,5,15H2. The summed E-state index contributed by atoms with van der Waals surface area (Å²) in [6.07, 6.45) is 1.63. The second-order valence-electron chi connectivity index (χ2n) is 4.40. The molecule has 0 amide bonds. The number of hydrogen-bond donors (Lipinski definition) is 1. The molecule has 0 aliphatic rings. The maximum Gasteiger partial charge on any atom is 0.277 e. The molecule has 0 unspecified atom stereocenters. The van der Waals surface area contributed by atoms with E-state index in [9.17, 15) is 0 Å². The van der Waals surface area contributed by atoms with E-state index in [2.05, 4.69) is 15.1 Å². The molecule has 0 aliphatic carbocycles. The Morgan fingerprint density at radius 1 is 1.19 bits per heavy atom. The fourth-order valence-corrected chi connectivity index (χ4v) is 2.74. The molecule has 0 fully saturated rings. The largest absolute Gasteiger partial charge is 0.464 e. The van der Waals surface area contributed by atoms with Gasteiger partial charge in [-0.15, -0.1) is 11.3 Å². The Labute approximate surface area is 123 Å². The van der Waals surface area contributed by atoms with Gasteiger partial charge in [0.15, 0.2) is 0 Å². The van der Waals surface area contributed by atoms with Crippen LogP contribution in [0.2, 0.25) is 0 Å². The topological polar surface area (TPSA) is 91.0 Å². The van der Waals surface area contributed by atoms with Crippen LogP contribution >= 0.6 is 11.3 Å². The van der Waals surface area contributed by atoms with Gasteiger partial charge in [0.25, 0.3) is 5.89 Å². The third-order valence-electron chi connectivity index (χ3n) is 3.09. The molecule has 21 heavy (non-hydrogen) atoms. The number of hydrogen-bond acceptors (Lipinski definition) is 7. The Morgan fingerprint density at radius 3 is 2.95 bits per heavy atom. The molecule has 1 aromatic carbocycles. The predicted molar refractivity (Wildman–Crippen MR) is 78.5 cm³/mol. The average Bonchev–Trinajstić information content (AvgIpc) is 3.24. The van der Waals surface area contributed by atoms with Crippen LogP contribution in [0, 0.1) is 0 Å². The second kappa shape index (κ2) is 4.80. The lowest BCUT2D eigenvalue weighted by Crippen LogP contribution is -1.94. The molecule has 0 saturated heterocycles. The highest BCUT2D eigenvalue weighted by Gasteiger charge is 2.16. The van der Waals surface area contributed by atoms with Crippen LogP contribution < -0.4 is 5.73 Å². The first-order chi connectivity index (χ1) is 10.3. The van der Waals surface area contributed by atoms with E-state index in [1.807, 2.05) is 29.6 Å². The number of fused-ring (bicyclic) bond motifs is 1. The Hall–Kier alpha value is -2.51. The normalized spacial score (nSPS) is 11.3. The van der Waals surface area contributed by atoms with Crippen molar-refractivity contribution in [2.45, 2.75) is 6.54 Å². The Balaban J connectivity index is 1.77. The number of rotatable bonds is 3. The molecule has 0 radical (unpaired) electrons. The molecule has 4 aromatic rings. The third-order valence-corrected chi connectivity index (χ3v) is 3.96. The summed E-state index contributed by atoms with van der Waals surface area (Å²) >= 11 is 1.47. The zero-order valence-corrected chi connectivity index (χ0v) is 11.6. The van der Waals surface area contributed by atoms with Crippen molar-refractivity contribution in [2.75, 3.05) is 0 Å². The van der Waals surface area contributed by atoms with Crippen molar-refractivity contribution >= 4 is 22.3 Å². The molecule has 104 valence electrons. The first-order valence-electron chi connectivity index (χ1n) is 6.30. The Morgan fingerprint density at radius 2 is 2.10 bits per heavy atom. The number of benzene rings is 1. The molecule has 7 heteroatoms. The molecule has 3 aromatic heterocycles. The van der Waals surface area contributed by atoms with Crippen LogP contribution in [-0.2, 0) is 6.54 Å². The van der Waals surface area contributed by atoms with Crippen molar-refractivity contribution in [3.63, 3.8) is 0 Å². The predicted octanol–water partition coefficient (Wildman–Crippen LogP) is 3.07. The van der Waals surface area contributed by atoms with Gasteiger partial charge in [0.05, 0.1) is 5.56 Å². The fourth-order valence-electron chi connectivity index (χ4n) is 2.09. The Kier molecular flexibility index (Phi) is 2.80. The van der Waals surface area contributed by atoms with Crippen LogP contribution in [0.1, 0.15) is 5.01 Å². The number of para-hydroxylation sites is 1. The van der Waals surface area contributed by atoms with Gasteiger partial charge in [-0.1, -0.05) is 23.4 Å². The second-order valence-corrected chi connectivity index (χ2v) is 5.34. The van der Waals surface area contributed by atoms with Gasteiger partial charge in [-0.25, -0.2) is 4.98 Å². The van der Waals surface area contributed by atoms with Gasteiger partial charge in [-0.2, -0.15) is 4.98 Å². The van der Waals surface area contributed by atoms with Crippen molar-refractivity contribution < 1.29 is 8.94 Å². The van der Waals surface area contributed by atoms with E-state index in [-0.39, 0.29) is 0 Å². The first-order valence-corrected chi connectivity index (χ1v) is 7.18. The molecule has 0 spiro atoms. The van der Waals surface area contributed by atoms with Crippen LogP contribution in [0.5, 0.6) is 0 Å². The Bertz CT molecular complexity index is 908. The van der Waals surface area contributed by atoms with Gasteiger partial charge in [-0.3, -0.25) is 0 Å². The molecule has 0 bridgehead atoms. The van der Waals surface area contributed by atoms with Crippen molar-refractivity contribution in [2.24, 2.45) is 5.73 Å². The van der Waals surface area contributed by atoms with Gasteiger partial charge >= 0.3 is 0 Å². The lowest BCUT2D eigenvalue weighted by atomic mass is 10.2. The van der Waals surface area contributed by atoms with Gasteiger partial charge in [-0.05, 0) is 6.07 Å². The minimum absolute atomic E-state index is 0.381. The fraction of sp³-hybridized carbons (Fsp3) is 0.0714. The minimum Gasteiger partial charge on any atom is -0.464 e. The molecule has 6 nitrogen and oxygen atoms in total. The van der Waals surface area contributed by atoms with E-state index in [0.29, 0.717) is 24.0 Å². The number of aromatic nitrogens is 3. The summed E-state index contributed by atoms with van der Waals surface area (Å²) in [5, 5.41) is 7.64. The molecule has 4 rings (SSSR count). The highest BCUT2D eigenvalue weighted by atomic mass is 32.1. The van der Waals surface area contributed by atoms with E-state index in [1.165, 1.54) is 11.3 Å². The number of nitrogens with two attached hydrogens (primary N) is 1. The maximum atomic E-state index is 5.55. The minimum atomic E-state index is 0.381. The van der Waals surface area contributed by atoms with Gasteiger partial charge in [0.2, 0.25) is 5.82 Å². The van der Waals surface area contributed by atoms with Crippen molar-refractivity contribution in [3.05, 3.63) is 40.9 Å². The molecular formula is C14H10N4O2S. The highest BCUT2D eigenvalue weighted by Crippen LogP contribution is 2.30. The SMILES string of the molecule is NCc1nc(-c2nc(-c3coc4ccccc34)no2)cs1. The quantitative estimate of drug-likeness (QED) is 0.625. The third kappa shape index (κ3) is 2.03. The van der Waals surface area contributed by atoms with Crippen molar-refractivity contribution in [1.29, 1.82) is 0 Å². The molecule has 0 saturated carbocycles. The van der Waals surface area contributed by atoms with Gasteiger partial charge < -0.3 is 14.7 Å². The summed E-state index contributed by atoms with van der Waals surface area (Å²) < 4.78 is 10.8. The van der Waals surface area contributed by atoms with Gasteiger partial charge in [0, 0.05) is 17.3 Å². The van der Waals surface area contributed by atoms with Crippen LogP contribution in [0.3, 0.4) is 0 Å². The summed E-state index contributed by atoms with van der Waals surface area (Å²) in [6.45, 7) is 0.401. The lowest BCUT2D eigenvalue weighted by Gasteiger charge is -1.88. The van der Waals surface area contributed by atoms with Crippen molar-refractivity contribution in [3.8, 4) is 23.0 Å². The number of furan rings is 1. The lowest BCUT2D eigenvalue weighted by molar-refractivity contribution is 0.431. The first kappa shape index (κ1) is 12.2. The zero-order valence-electron chi connectivity index (χ0n) is 10.8. The molecule has 0 atom stereocenters. The average molecular weight is 298 g/mol. The summed E-state index contributed by atoms with van der Waals surface area (Å²) in [7, 11) is 0. The van der Waals surface area contributed by atoms with E-state index < -0.39 is 0 Å². The van der Waals surface area contributed by atoms with Crippen LogP contribution in [0.4, 0.5) is 0 Å². The molecule has 0 aliphatic heterocycles. The van der Waals surface area contributed by atoms with E-state index >= 15 is 0 Å². The monoisotopic (exact) mass is 298 g/mol.